The van der Waals surface area contributed by atoms with Crippen LogP contribution in [0.1, 0.15) is 25.0 Å². The molecule has 2 aromatic rings. The van der Waals surface area contributed by atoms with Crippen LogP contribution in [0.3, 0.4) is 0 Å². The molecule has 0 amide bonds. The van der Waals surface area contributed by atoms with Gasteiger partial charge in [0.15, 0.2) is 0 Å². The second-order valence-electron chi connectivity index (χ2n) is 4.95. The van der Waals surface area contributed by atoms with Crippen molar-refractivity contribution in [3.8, 4) is 11.1 Å². The number of hydrogen-bond donors (Lipinski definition) is 0. The number of rotatable bonds is 6. The molecule has 0 aliphatic heterocycles. The van der Waals surface area contributed by atoms with Gasteiger partial charge in [-0.2, -0.15) is 0 Å². The van der Waals surface area contributed by atoms with Crippen molar-refractivity contribution in [3.05, 3.63) is 53.6 Å². The van der Waals surface area contributed by atoms with Crippen molar-refractivity contribution in [1.29, 1.82) is 0 Å². The first-order valence-electron chi connectivity index (χ1n) is 7.47. The summed E-state index contributed by atoms with van der Waals surface area (Å²) in [5, 5.41) is 1.21. The molecule has 0 fully saturated rings. The molecule has 21 heavy (non-hydrogen) atoms. The molecule has 0 bridgehead atoms. The third-order valence-electron chi connectivity index (χ3n) is 3.54. The highest BCUT2D eigenvalue weighted by atomic mass is 28.3. The van der Waals surface area contributed by atoms with E-state index < -0.39 is 9.28 Å². The van der Waals surface area contributed by atoms with Crippen LogP contribution in [0.5, 0.6) is 0 Å². The smallest absolute Gasteiger partial charge is 0.390 e. The monoisotopic (exact) mass is 299 g/mol. The Morgan fingerprint density at radius 3 is 2.05 bits per heavy atom. The molecule has 0 aliphatic carbocycles. The first-order valence-corrected chi connectivity index (χ1v) is 8.79. The number of benzene rings is 2. The summed E-state index contributed by atoms with van der Waals surface area (Å²) in [4.78, 5) is 0. The largest absolute Gasteiger partial charge is 0.423 e. The Morgan fingerprint density at radius 1 is 0.810 bits per heavy atom. The first kappa shape index (κ1) is 16.0. The summed E-state index contributed by atoms with van der Waals surface area (Å²) in [6.45, 7) is 9.72. The summed E-state index contributed by atoms with van der Waals surface area (Å²) in [6.07, 6.45) is 0. The molecule has 0 unspecified atom stereocenters. The molecule has 1 radical (unpaired) electrons. The van der Waals surface area contributed by atoms with Crippen LogP contribution < -0.4 is 5.19 Å². The molecule has 111 valence electrons. The highest BCUT2D eigenvalue weighted by molar-refractivity contribution is 6.62. The Kier molecular flexibility index (Phi) is 5.73. The minimum absolute atomic E-state index is 0.683. The van der Waals surface area contributed by atoms with Gasteiger partial charge in [-0.25, -0.2) is 0 Å². The van der Waals surface area contributed by atoms with Gasteiger partial charge in [-0.1, -0.05) is 42.5 Å². The Balaban J connectivity index is 2.47. The molecule has 0 heterocycles. The molecule has 3 heteroatoms. The van der Waals surface area contributed by atoms with E-state index in [2.05, 4.69) is 56.3 Å². The van der Waals surface area contributed by atoms with Crippen molar-refractivity contribution in [1.82, 2.24) is 0 Å². The summed E-state index contributed by atoms with van der Waals surface area (Å²) in [6, 6.07) is 14.9. The zero-order valence-electron chi connectivity index (χ0n) is 13.3. The highest BCUT2D eigenvalue weighted by Crippen LogP contribution is 2.25. The molecule has 0 N–H and O–H groups in total. The van der Waals surface area contributed by atoms with E-state index in [0.717, 1.165) is 0 Å². The van der Waals surface area contributed by atoms with Gasteiger partial charge in [-0.15, -0.1) is 0 Å². The van der Waals surface area contributed by atoms with E-state index in [9.17, 15) is 0 Å². The van der Waals surface area contributed by atoms with E-state index in [4.69, 9.17) is 8.85 Å². The fourth-order valence-electron chi connectivity index (χ4n) is 2.48. The molecule has 0 aliphatic rings. The van der Waals surface area contributed by atoms with Gasteiger partial charge in [0.25, 0.3) is 0 Å². The second-order valence-corrected chi connectivity index (χ2v) is 6.64. The second kappa shape index (κ2) is 7.55. The lowest BCUT2D eigenvalue weighted by molar-refractivity contribution is 0.225. The Morgan fingerprint density at radius 2 is 1.43 bits per heavy atom. The minimum Gasteiger partial charge on any atom is -0.390 e. The fraction of sp³-hybridized carbons (Fsp3) is 0.333. The lowest BCUT2D eigenvalue weighted by atomic mass is 9.97. The van der Waals surface area contributed by atoms with Crippen molar-refractivity contribution in [2.45, 2.75) is 27.7 Å². The summed E-state index contributed by atoms with van der Waals surface area (Å²) in [5.41, 5.74) is 5.11. The Labute approximate surface area is 129 Å². The van der Waals surface area contributed by atoms with Crippen molar-refractivity contribution in [3.63, 3.8) is 0 Å². The standard InChI is InChI=1S/C18H23O2Si/c1-5-19-21(20-6-2)18-13-9-12-17(15(18)4)16-11-8-7-10-14(16)3/h7-13H,5-6H2,1-4H3. The third-order valence-corrected chi connectivity index (χ3v) is 5.62. The molecular weight excluding hydrogens is 276 g/mol. The van der Waals surface area contributed by atoms with Crippen LogP contribution in [0.2, 0.25) is 0 Å². The maximum absolute atomic E-state index is 5.85. The lowest BCUT2D eigenvalue weighted by Crippen LogP contribution is -2.38. The summed E-state index contributed by atoms with van der Waals surface area (Å²) in [7, 11) is -1.40. The van der Waals surface area contributed by atoms with Crippen LogP contribution >= 0.6 is 0 Å². The van der Waals surface area contributed by atoms with Gasteiger partial charge in [0.05, 0.1) is 0 Å². The van der Waals surface area contributed by atoms with E-state index in [0.29, 0.717) is 13.2 Å². The van der Waals surface area contributed by atoms with Crippen LogP contribution in [0, 0.1) is 13.8 Å². The highest BCUT2D eigenvalue weighted by Gasteiger charge is 2.22. The van der Waals surface area contributed by atoms with Crippen LogP contribution in [0.25, 0.3) is 11.1 Å². The molecular formula is C18H23O2Si. The number of aryl methyl sites for hydroxylation is 1. The van der Waals surface area contributed by atoms with Gasteiger partial charge in [-0.05, 0) is 55.1 Å². The van der Waals surface area contributed by atoms with Crippen molar-refractivity contribution < 1.29 is 8.85 Å². The average molecular weight is 299 g/mol. The van der Waals surface area contributed by atoms with Crippen LogP contribution in [0.15, 0.2) is 42.5 Å². The maximum Gasteiger partial charge on any atom is 0.423 e. The molecule has 0 aromatic heterocycles. The van der Waals surface area contributed by atoms with E-state index in [-0.39, 0.29) is 0 Å². The van der Waals surface area contributed by atoms with E-state index in [1.165, 1.54) is 27.4 Å². The zero-order valence-corrected chi connectivity index (χ0v) is 14.3. The van der Waals surface area contributed by atoms with Gasteiger partial charge in [-0.3, -0.25) is 0 Å². The van der Waals surface area contributed by atoms with Crippen molar-refractivity contribution in [2.24, 2.45) is 0 Å². The SMILES string of the molecule is CCO[Si](OCC)c1cccc(-c2ccccc2C)c1C. The molecule has 2 nitrogen and oxygen atoms in total. The summed E-state index contributed by atoms with van der Waals surface area (Å²) in [5.74, 6) is 0. The van der Waals surface area contributed by atoms with Gasteiger partial charge in [0.1, 0.15) is 0 Å². The zero-order chi connectivity index (χ0) is 15.2. The third kappa shape index (κ3) is 3.62. The predicted octanol–water partition coefficient (Wildman–Crippen LogP) is 3.74. The molecule has 0 saturated heterocycles. The van der Waals surface area contributed by atoms with Crippen LogP contribution in [-0.4, -0.2) is 22.5 Å². The molecule has 0 saturated carbocycles. The van der Waals surface area contributed by atoms with Crippen LogP contribution in [0.4, 0.5) is 0 Å². The van der Waals surface area contributed by atoms with Gasteiger partial charge < -0.3 is 8.85 Å². The molecule has 0 atom stereocenters. The molecule has 2 aromatic carbocycles. The first-order chi connectivity index (χ1) is 10.2. The lowest BCUT2D eigenvalue weighted by Gasteiger charge is -2.18. The maximum atomic E-state index is 5.85. The van der Waals surface area contributed by atoms with Crippen LogP contribution in [-0.2, 0) is 8.85 Å². The van der Waals surface area contributed by atoms with Crippen molar-refractivity contribution in [2.75, 3.05) is 13.2 Å². The summed E-state index contributed by atoms with van der Waals surface area (Å²) >= 11 is 0. The Hall–Kier alpha value is -1.42. The topological polar surface area (TPSA) is 18.5 Å². The van der Waals surface area contributed by atoms with Crippen molar-refractivity contribution >= 4 is 14.5 Å². The Bertz CT molecular complexity index is 590. The summed E-state index contributed by atoms with van der Waals surface area (Å²) < 4.78 is 11.7. The van der Waals surface area contributed by atoms with E-state index >= 15 is 0 Å². The molecule has 2 rings (SSSR count). The minimum atomic E-state index is -1.40. The quantitative estimate of drug-likeness (QED) is 0.757. The van der Waals surface area contributed by atoms with Gasteiger partial charge in [0.2, 0.25) is 0 Å². The van der Waals surface area contributed by atoms with E-state index in [1.54, 1.807) is 0 Å². The van der Waals surface area contributed by atoms with Gasteiger partial charge in [0, 0.05) is 13.2 Å². The normalized spacial score (nSPS) is 11.1. The molecule has 0 spiro atoms. The van der Waals surface area contributed by atoms with E-state index in [1.807, 2.05) is 13.8 Å². The van der Waals surface area contributed by atoms with Gasteiger partial charge >= 0.3 is 9.28 Å². The number of hydrogen-bond acceptors (Lipinski definition) is 2. The average Bonchev–Trinajstić information content (AvgIpc) is 2.48. The fourth-order valence-corrected chi connectivity index (χ4v) is 4.07. The predicted molar refractivity (Wildman–Crippen MR) is 90.0 cm³/mol.